The molecule has 0 heterocycles. The van der Waals surface area contributed by atoms with Crippen LogP contribution in [0.1, 0.15) is 18.5 Å². The normalized spacial score (nSPS) is 11.8. The van der Waals surface area contributed by atoms with Gasteiger partial charge in [0.25, 0.3) is 0 Å². The Labute approximate surface area is 138 Å². The van der Waals surface area contributed by atoms with Crippen LogP contribution in [0.3, 0.4) is 0 Å². The number of hydrogen-bond donors (Lipinski definition) is 2. The van der Waals surface area contributed by atoms with Gasteiger partial charge in [-0.05, 0) is 36.8 Å². The molecule has 0 saturated heterocycles. The summed E-state index contributed by atoms with van der Waals surface area (Å²) in [6, 6.07) is 10.9. The molecule has 2 aromatic rings. The van der Waals surface area contributed by atoms with Crippen molar-refractivity contribution in [2.45, 2.75) is 13.0 Å². The Morgan fingerprint density at radius 1 is 1.18 bits per heavy atom. The summed E-state index contributed by atoms with van der Waals surface area (Å²) in [7, 11) is 0. The maximum Gasteiger partial charge on any atom is 0.239 e. The van der Waals surface area contributed by atoms with E-state index in [1.807, 2.05) is 6.92 Å². The summed E-state index contributed by atoms with van der Waals surface area (Å²) in [6.45, 7) is 1.89. The molecule has 1 unspecified atom stereocenters. The first-order chi connectivity index (χ1) is 10.5. The number of carbonyl (C=O) groups excluding carboxylic acids is 1. The molecular formula is C16H15Cl2FN2O. The fourth-order valence-electron chi connectivity index (χ4n) is 1.94. The van der Waals surface area contributed by atoms with E-state index in [4.69, 9.17) is 23.2 Å². The zero-order valence-electron chi connectivity index (χ0n) is 11.9. The molecule has 0 aliphatic rings. The highest BCUT2D eigenvalue weighted by molar-refractivity contribution is 6.43. The minimum atomic E-state index is -0.306. The molecule has 3 nitrogen and oxygen atoms in total. The highest BCUT2D eigenvalue weighted by Gasteiger charge is 2.10. The first-order valence-corrected chi connectivity index (χ1v) is 7.45. The Balaban J connectivity index is 1.90. The van der Waals surface area contributed by atoms with Crippen LogP contribution in [0.4, 0.5) is 10.1 Å². The molecule has 1 amide bonds. The number of rotatable bonds is 5. The molecule has 1 atom stereocenters. The van der Waals surface area contributed by atoms with E-state index in [1.165, 1.54) is 12.1 Å². The molecule has 2 N–H and O–H groups in total. The third-order valence-corrected chi connectivity index (χ3v) is 3.96. The number of halogens is 3. The van der Waals surface area contributed by atoms with Gasteiger partial charge in [-0.3, -0.25) is 4.79 Å². The second-order valence-corrected chi connectivity index (χ2v) is 5.58. The molecule has 0 saturated carbocycles. The van der Waals surface area contributed by atoms with Crippen molar-refractivity contribution in [3.63, 3.8) is 0 Å². The van der Waals surface area contributed by atoms with Crippen LogP contribution in [0.15, 0.2) is 42.5 Å². The fourth-order valence-corrected chi connectivity index (χ4v) is 2.31. The van der Waals surface area contributed by atoms with Crippen molar-refractivity contribution in [3.8, 4) is 0 Å². The third kappa shape index (κ3) is 4.36. The highest BCUT2D eigenvalue weighted by Crippen LogP contribution is 2.29. The van der Waals surface area contributed by atoms with Gasteiger partial charge in [-0.15, -0.1) is 0 Å². The molecule has 0 spiro atoms. The van der Waals surface area contributed by atoms with Crippen LogP contribution < -0.4 is 10.6 Å². The standard InChI is InChI=1S/C16H15Cl2FN2O/c1-10(11-5-7-12(19)8-6-11)21-15(22)9-20-14-4-2-3-13(17)16(14)18/h2-8,10,20H,9H2,1H3,(H,21,22). The highest BCUT2D eigenvalue weighted by atomic mass is 35.5. The molecular weight excluding hydrogens is 326 g/mol. The first kappa shape index (κ1) is 16.6. The smallest absolute Gasteiger partial charge is 0.239 e. The van der Waals surface area contributed by atoms with Crippen LogP contribution in [-0.2, 0) is 4.79 Å². The lowest BCUT2D eigenvalue weighted by Gasteiger charge is -2.15. The van der Waals surface area contributed by atoms with Gasteiger partial charge < -0.3 is 10.6 Å². The second-order valence-electron chi connectivity index (χ2n) is 4.80. The van der Waals surface area contributed by atoms with Gasteiger partial charge in [0.1, 0.15) is 5.82 Å². The molecule has 0 fully saturated rings. The van der Waals surface area contributed by atoms with E-state index in [9.17, 15) is 9.18 Å². The topological polar surface area (TPSA) is 41.1 Å². The minimum Gasteiger partial charge on any atom is -0.375 e. The third-order valence-electron chi connectivity index (χ3n) is 3.14. The number of anilines is 1. The summed E-state index contributed by atoms with van der Waals surface area (Å²) in [5.41, 5.74) is 1.43. The van der Waals surface area contributed by atoms with Crippen LogP contribution in [0.5, 0.6) is 0 Å². The van der Waals surface area contributed by atoms with Crippen LogP contribution >= 0.6 is 23.2 Å². The minimum absolute atomic E-state index is 0.0611. The van der Waals surface area contributed by atoms with E-state index in [-0.39, 0.29) is 24.3 Å². The average molecular weight is 341 g/mol. The van der Waals surface area contributed by atoms with Crippen molar-refractivity contribution >= 4 is 34.8 Å². The van der Waals surface area contributed by atoms with Gasteiger partial charge in [0.15, 0.2) is 0 Å². The van der Waals surface area contributed by atoms with Crippen LogP contribution in [0.2, 0.25) is 10.0 Å². The Hall–Kier alpha value is -1.78. The number of carbonyl (C=O) groups is 1. The zero-order valence-corrected chi connectivity index (χ0v) is 13.4. The molecule has 2 aromatic carbocycles. The van der Waals surface area contributed by atoms with Crippen molar-refractivity contribution in [1.82, 2.24) is 5.32 Å². The summed E-state index contributed by atoms with van der Waals surface area (Å²) in [4.78, 5) is 11.9. The Morgan fingerprint density at radius 2 is 1.86 bits per heavy atom. The molecule has 0 aliphatic heterocycles. The van der Waals surface area contributed by atoms with E-state index in [0.29, 0.717) is 15.7 Å². The van der Waals surface area contributed by atoms with Gasteiger partial charge in [-0.25, -0.2) is 4.39 Å². The predicted octanol–water partition coefficient (Wildman–Crippen LogP) is 4.42. The Bertz CT molecular complexity index is 662. The van der Waals surface area contributed by atoms with Crippen molar-refractivity contribution in [2.75, 3.05) is 11.9 Å². The Kier molecular flexibility index (Phi) is 5.63. The molecule has 0 radical (unpaired) electrons. The van der Waals surface area contributed by atoms with Crippen LogP contribution in [0.25, 0.3) is 0 Å². The van der Waals surface area contributed by atoms with Crippen molar-refractivity contribution in [3.05, 3.63) is 63.9 Å². The van der Waals surface area contributed by atoms with Gasteiger partial charge in [-0.1, -0.05) is 41.4 Å². The molecule has 22 heavy (non-hydrogen) atoms. The Morgan fingerprint density at radius 3 is 2.55 bits per heavy atom. The first-order valence-electron chi connectivity index (χ1n) is 6.70. The summed E-state index contributed by atoms with van der Waals surface area (Å²) in [5, 5.41) is 6.55. The lowest BCUT2D eigenvalue weighted by Crippen LogP contribution is -2.32. The van der Waals surface area contributed by atoms with E-state index >= 15 is 0 Å². The van der Waals surface area contributed by atoms with Crippen molar-refractivity contribution in [2.24, 2.45) is 0 Å². The van der Waals surface area contributed by atoms with Gasteiger partial charge >= 0.3 is 0 Å². The lowest BCUT2D eigenvalue weighted by atomic mass is 10.1. The predicted molar refractivity (Wildman–Crippen MR) is 87.9 cm³/mol. The van der Waals surface area contributed by atoms with Crippen LogP contribution in [0, 0.1) is 5.82 Å². The maximum absolute atomic E-state index is 12.9. The van der Waals surface area contributed by atoms with Crippen molar-refractivity contribution < 1.29 is 9.18 Å². The number of hydrogen-bond acceptors (Lipinski definition) is 2. The van der Waals surface area contributed by atoms with Gasteiger partial charge in [0.2, 0.25) is 5.91 Å². The quantitative estimate of drug-likeness (QED) is 0.845. The summed E-state index contributed by atoms with van der Waals surface area (Å²) < 4.78 is 12.9. The number of amides is 1. The van der Waals surface area contributed by atoms with Gasteiger partial charge in [-0.2, -0.15) is 0 Å². The SMILES string of the molecule is CC(NC(=O)CNc1cccc(Cl)c1Cl)c1ccc(F)cc1. The number of benzene rings is 2. The van der Waals surface area contributed by atoms with Crippen LogP contribution in [-0.4, -0.2) is 12.5 Å². The molecule has 116 valence electrons. The zero-order chi connectivity index (χ0) is 16.1. The average Bonchev–Trinajstić information content (AvgIpc) is 2.49. The molecule has 0 aromatic heterocycles. The van der Waals surface area contributed by atoms with Gasteiger partial charge in [0, 0.05) is 0 Å². The summed E-state index contributed by atoms with van der Waals surface area (Å²) in [6.07, 6.45) is 0. The molecule has 2 rings (SSSR count). The maximum atomic E-state index is 12.9. The molecule has 0 bridgehead atoms. The second kappa shape index (κ2) is 7.47. The largest absolute Gasteiger partial charge is 0.375 e. The number of nitrogens with one attached hydrogen (secondary N) is 2. The molecule has 0 aliphatic carbocycles. The van der Waals surface area contributed by atoms with E-state index in [1.54, 1.807) is 30.3 Å². The van der Waals surface area contributed by atoms with Gasteiger partial charge in [0.05, 0.1) is 28.3 Å². The monoisotopic (exact) mass is 340 g/mol. The van der Waals surface area contributed by atoms with E-state index in [2.05, 4.69) is 10.6 Å². The molecule has 6 heteroatoms. The van der Waals surface area contributed by atoms with E-state index < -0.39 is 0 Å². The fraction of sp³-hybridized carbons (Fsp3) is 0.188. The lowest BCUT2D eigenvalue weighted by molar-refractivity contribution is -0.120. The summed E-state index contributed by atoms with van der Waals surface area (Å²) in [5.74, 6) is -0.507. The van der Waals surface area contributed by atoms with E-state index in [0.717, 1.165) is 5.56 Å². The van der Waals surface area contributed by atoms with Crippen molar-refractivity contribution in [1.29, 1.82) is 0 Å². The summed E-state index contributed by atoms with van der Waals surface area (Å²) >= 11 is 11.9.